The molecule has 1 fully saturated rings. The van der Waals surface area contributed by atoms with E-state index in [9.17, 15) is 9.90 Å². The number of anilines is 2. The Morgan fingerprint density at radius 1 is 1.29 bits per heavy atom. The second kappa shape index (κ2) is 7.85. The van der Waals surface area contributed by atoms with Gasteiger partial charge in [-0.05, 0) is 60.3 Å². The Balaban J connectivity index is 1.61. The highest BCUT2D eigenvalue weighted by atomic mass is 79.9. The minimum Gasteiger partial charge on any atom is -0.507 e. The van der Waals surface area contributed by atoms with Gasteiger partial charge < -0.3 is 10.4 Å². The third-order valence-corrected chi connectivity index (χ3v) is 6.91. The number of aliphatic imine (C=N–C) groups is 1. The number of benzene rings is 1. The minimum absolute atomic E-state index is 0.0635. The van der Waals surface area contributed by atoms with Gasteiger partial charge in [-0.15, -0.1) is 0 Å². The maximum atomic E-state index is 13.6. The average Bonchev–Trinajstić information content (AvgIpc) is 3.45. The van der Waals surface area contributed by atoms with Gasteiger partial charge in [0, 0.05) is 19.1 Å². The van der Waals surface area contributed by atoms with Crippen LogP contribution in [0.3, 0.4) is 0 Å². The Hall–Kier alpha value is -2.55. The summed E-state index contributed by atoms with van der Waals surface area (Å²) in [4.78, 5) is 27.0. The molecule has 1 amide bonds. The van der Waals surface area contributed by atoms with Gasteiger partial charge in [0.15, 0.2) is 11.5 Å². The van der Waals surface area contributed by atoms with Crippen LogP contribution in [0.1, 0.15) is 55.6 Å². The van der Waals surface area contributed by atoms with Crippen molar-refractivity contribution < 1.29 is 9.90 Å². The van der Waals surface area contributed by atoms with Gasteiger partial charge in [0.2, 0.25) is 11.9 Å². The molecule has 3 heterocycles. The lowest BCUT2D eigenvalue weighted by atomic mass is 10.2. The number of hydrogen-bond acceptors (Lipinski definition) is 6. The number of carbonyl (C=O) groups excluding carboxylic acids is 1. The van der Waals surface area contributed by atoms with Gasteiger partial charge in [-0.2, -0.15) is 4.98 Å². The third kappa shape index (κ3) is 3.48. The molecule has 5 rings (SSSR count). The van der Waals surface area contributed by atoms with Crippen LogP contribution in [0.15, 0.2) is 27.7 Å². The summed E-state index contributed by atoms with van der Waals surface area (Å²) >= 11 is 3.40. The molecule has 1 aromatic heterocycles. The summed E-state index contributed by atoms with van der Waals surface area (Å²) in [5, 5.41) is 13.5. The number of nitrogens with zero attached hydrogens (tertiary/aromatic N) is 5. The number of aromatic hydroxyl groups is 1. The number of imidazole rings is 1. The zero-order valence-corrected chi connectivity index (χ0v) is 19.4. The Morgan fingerprint density at radius 3 is 2.77 bits per heavy atom. The van der Waals surface area contributed by atoms with E-state index < -0.39 is 0 Å². The van der Waals surface area contributed by atoms with E-state index >= 15 is 0 Å². The first-order chi connectivity index (χ1) is 15.0. The second-order valence-corrected chi connectivity index (χ2v) is 9.40. The van der Waals surface area contributed by atoms with E-state index in [1.165, 1.54) is 12.8 Å². The molecular weight excluding hydrogens is 460 g/mol. The molecule has 0 spiro atoms. The summed E-state index contributed by atoms with van der Waals surface area (Å²) in [5.41, 5.74) is 1.57. The van der Waals surface area contributed by atoms with Crippen molar-refractivity contribution in [1.82, 2.24) is 14.5 Å². The van der Waals surface area contributed by atoms with Crippen LogP contribution in [0.4, 0.5) is 11.8 Å². The van der Waals surface area contributed by atoms with Crippen LogP contribution >= 0.6 is 15.9 Å². The predicted molar refractivity (Wildman–Crippen MR) is 124 cm³/mol. The predicted octanol–water partition coefficient (Wildman–Crippen LogP) is 3.79. The smallest absolute Gasteiger partial charge is 0.281 e. The molecule has 0 radical (unpaired) electrons. The molecule has 2 aromatic rings. The molecule has 31 heavy (non-hydrogen) atoms. The monoisotopic (exact) mass is 486 g/mol. The highest BCUT2D eigenvalue weighted by Gasteiger charge is 2.43. The summed E-state index contributed by atoms with van der Waals surface area (Å²) < 4.78 is 2.63. The number of carbonyl (C=O) groups is 1. The first-order valence-electron chi connectivity index (χ1n) is 11.0. The number of guanidine groups is 1. The topological polar surface area (TPSA) is 86.0 Å². The number of amides is 1. The van der Waals surface area contributed by atoms with E-state index in [2.05, 4.69) is 33.1 Å². The van der Waals surface area contributed by atoms with Crippen LogP contribution in [0.5, 0.6) is 5.75 Å². The van der Waals surface area contributed by atoms with Gasteiger partial charge in [-0.3, -0.25) is 19.2 Å². The molecule has 1 saturated carbocycles. The van der Waals surface area contributed by atoms with E-state index in [0.29, 0.717) is 41.1 Å². The fourth-order valence-corrected chi connectivity index (χ4v) is 5.17. The number of aromatic nitrogens is 2. The second-order valence-electron chi connectivity index (χ2n) is 8.54. The zero-order chi connectivity index (χ0) is 21.7. The Labute approximate surface area is 190 Å². The first kappa shape index (κ1) is 20.4. The van der Waals surface area contributed by atoms with Crippen LogP contribution in [0.25, 0.3) is 0 Å². The highest BCUT2D eigenvalue weighted by Crippen LogP contribution is 2.36. The van der Waals surface area contributed by atoms with Crippen LogP contribution in [0, 0.1) is 0 Å². The van der Waals surface area contributed by atoms with Crippen LogP contribution in [-0.4, -0.2) is 56.6 Å². The lowest BCUT2D eigenvalue weighted by Gasteiger charge is -2.32. The summed E-state index contributed by atoms with van der Waals surface area (Å²) in [5.74, 6) is 2.26. The van der Waals surface area contributed by atoms with Crippen molar-refractivity contribution in [3.63, 3.8) is 0 Å². The summed E-state index contributed by atoms with van der Waals surface area (Å²) in [6, 6.07) is 5.92. The van der Waals surface area contributed by atoms with E-state index in [0.717, 1.165) is 30.9 Å². The molecule has 8 nitrogen and oxygen atoms in total. The summed E-state index contributed by atoms with van der Waals surface area (Å²) in [6.07, 6.45) is 4.66. The molecule has 1 aromatic carbocycles. The van der Waals surface area contributed by atoms with Crippen molar-refractivity contribution in [2.24, 2.45) is 4.99 Å². The zero-order valence-electron chi connectivity index (χ0n) is 17.8. The maximum Gasteiger partial charge on any atom is 0.281 e. The number of halogens is 1. The van der Waals surface area contributed by atoms with Gasteiger partial charge in [-0.25, -0.2) is 4.99 Å². The fraction of sp³-hybridized carbons (Fsp3) is 0.500. The largest absolute Gasteiger partial charge is 0.507 e. The molecule has 2 aliphatic heterocycles. The molecule has 1 atom stereocenters. The number of phenolic OH excluding ortho intramolecular Hbond substituents is 1. The van der Waals surface area contributed by atoms with Crippen molar-refractivity contribution in [3.8, 4) is 5.75 Å². The normalized spacial score (nSPS) is 20.8. The molecule has 1 aliphatic carbocycles. The van der Waals surface area contributed by atoms with Crippen molar-refractivity contribution in [2.45, 2.75) is 58.2 Å². The number of fused-ring (bicyclic) bond motifs is 3. The molecule has 3 aliphatic rings. The quantitative estimate of drug-likeness (QED) is 0.671. The molecule has 164 valence electrons. The summed E-state index contributed by atoms with van der Waals surface area (Å²) in [6.45, 7) is 5.79. The standard InChI is InChI=1S/C22H27BrN6O2/c1-3-27-20(31)18-19(29-11-13(2)24-22(27)29)26-21(25-15-6-4-5-7-15)28(18)12-14-8-9-17(30)16(23)10-14/h8-10,13,15,30H,3-7,11-12H2,1-2H3,(H,25,26)/t13-/m1/s1. The van der Waals surface area contributed by atoms with Crippen molar-refractivity contribution in [1.29, 1.82) is 0 Å². The lowest BCUT2D eigenvalue weighted by molar-refractivity contribution is 0.0836. The molecule has 9 heteroatoms. The van der Waals surface area contributed by atoms with Gasteiger partial charge in [0.25, 0.3) is 5.91 Å². The fourth-order valence-electron chi connectivity index (χ4n) is 4.74. The average molecular weight is 487 g/mol. The van der Waals surface area contributed by atoms with E-state index in [4.69, 9.17) is 9.98 Å². The van der Waals surface area contributed by atoms with Crippen LogP contribution in [0.2, 0.25) is 0 Å². The van der Waals surface area contributed by atoms with Crippen LogP contribution < -0.4 is 10.2 Å². The number of rotatable bonds is 5. The SMILES string of the molecule is CCN1C(=O)c2c(nc(NC3CCCC3)n2Cc2ccc(O)c(Br)c2)N2C[C@@H](C)N=C12. The highest BCUT2D eigenvalue weighted by molar-refractivity contribution is 9.10. The van der Waals surface area contributed by atoms with Crippen LogP contribution in [-0.2, 0) is 6.54 Å². The van der Waals surface area contributed by atoms with Gasteiger partial charge in [0.05, 0.1) is 17.1 Å². The third-order valence-electron chi connectivity index (χ3n) is 6.28. The number of nitrogens with one attached hydrogen (secondary N) is 1. The summed E-state index contributed by atoms with van der Waals surface area (Å²) in [7, 11) is 0. The number of hydrogen-bond donors (Lipinski definition) is 2. The van der Waals surface area contributed by atoms with Gasteiger partial charge in [-0.1, -0.05) is 18.9 Å². The molecule has 2 N–H and O–H groups in total. The molecule has 0 saturated heterocycles. The van der Waals surface area contributed by atoms with E-state index in [1.54, 1.807) is 11.0 Å². The van der Waals surface area contributed by atoms with E-state index in [1.807, 2.05) is 23.6 Å². The Morgan fingerprint density at radius 2 is 2.06 bits per heavy atom. The molecule has 0 unspecified atom stereocenters. The van der Waals surface area contributed by atoms with E-state index in [-0.39, 0.29) is 17.7 Å². The number of phenols is 1. The lowest BCUT2D eigenvalue weighted by Crippen LogP contribution is -2.50. The van der Waals surface area contributed by atoms with Gasteiger partial charge >= 0.3 is 0 Å². The molecular formula is C22H27BrN6O2. The minimum atomic E-state index is -0.0635. The van der Waals surface area contributed by atoms with Crippen molar-refractivity contribution >= 4 is 39.6 Å². The maximum absolute atomic E-state index is 13.6. The van der Waals surface area contributed by atoms with Gasteiger partial charge in [0.1, 0.15) is 5.75 Å². The Bertz CT molecular complexity index is 1060. The Kier molecular flexibility index (Phi) is 5.16. The van der Waals surface area contributed by atoms with Crippen molar-refractivity contribution in [2.75, 3.05) is 23.3 Å². The van der Waals surface area contributed by atoms with Crippen molar-refractivity contribution in [3.05, 3.63) is 33.9 Å². The first-order valence-corrected chi connectivity index (χ1v) is 11.8. The molecule has 0 bridgehead atoms.